The molecule has 0 radical (unpaired) electrons. The van der Waals surface area contributed by atoms with E-state index in [1.807, 2.05) is 40.4 Å². The molecule has 1 amide bonds. The molecule has 0 bridgehead atoms. The van der Waals surface area contributed by atoms with E-state index in [0.717, 1.165) is 21.6 Å². The molecule has 136 valence electrons. The molecule has 2 heterocycles. The van der Waals surface area contributed by atoms with E-state index in [1.165, 1.54) is 17.4 Å². The second-order valence-corrected chi connectivity index (χ2v) is 8.03. The first-order valence-electron chi connectivity index (χ1n) is 7.92. The van der Waals surface area contributed by atoms with Crippen molar-refractivity contribution in [2.24, 2.45) is 0 Å². The fraction of sp³-hybridized carbons (Fsp3) is 0.176. The maximum Gasteiger partial charge on any atom is 0.233 e. The van der Waals surface area contributed by atoms with Gasteiger partial charge < -0.3 is 5.32 Å². The van der Waals surface area contributed by atoms with Crippen LogP contribution in [0.2, 0.25) is 0 Å². The van der Waals surface area contributed by atoms with Gasteiger partial charge in [0.25, 0.3) is 0 Å². The van der Waals surface area contributed by atoms with Crippen molar-refractivity contribution in [2.75, 3.05) is 6.54 Å². The number of thiazole rings is 1. The van der Waals surface area contributed by atoms with E-state index in [9.17, 15) is 13.2 Å². The van der Waals surface area contributed by atoms with Crippen LogP contribution in [0.3, 0.4) is 0 Å². The number of amides is 1. The van der Waals surface area contributed by atoms with Gasteiger partial charge in [0.1, 0.15) is 0 Å². The molecule has 0 fully saturated rings. The molecule has 2 N–H and O–H groups in total. The third-order valence-corrected chi connectivity index (χ3v) is 5.38. The number of fused-ring (bicyclic) bond motifs is 1. The zero-order valence-corrected chi connectivity index (χ0v) is 15.5. The summed E-state index contributed by atoms with van der Waals surface area (Å²) in [7, 11) is -3.58. The summed E-state index contributed by atoms with van der Waals surface area (Å²) in [5.74, 6) is -0.240. The number of carbonyl (C=O) groups excluding carboxylic acids is 1. The van der Waals surface area contributed by atoms with E-state index in [0.29, 0.717) is 6.54 Å². The Kier molecular flexibility index (Phi) is 5.82. The normalized spacial score (nSPS) is 12.0. The second kappa shape index (κ2) is 8.26. The van der Waals surface area contributed by atoms with Gasteiger partial charge in [0.15, 0.2) is 4.96 Å². The van der Waals surface area contributed by atoms with Gasteiger partial charge in [0.2, 0.25) is 15.9 Å². The van der Waals surface area contributed by atoms with E-state index in [-0.39, 0.29) is 18.9 Å². The van der Waals surface area contributed by atoms with Crippen LogP contribution in [0, 0.1) is 0 Å². The van der Waals surface area contributed by atoms with Crippen LogP contribution in [0.15, 0.2) is 53.5 Å². The molecule has 3 rings (SSSR count). The summed E-state index contributed by atoms with van der Waals surface area (Å²) >= 11 is 1.52. The number of nitrogens with zero attached hydrogens (tertiary/aromatic N) is 2. The lowest BCUT2D eigenvalue weighted by Gasteiger charge is -2.04. The molecule has 2 aromatic heterocycles. The molecule has 0 spiro atoms. The molecule has 0 aliphatic rings. The summed E-state index contributed by atoms with van der Waals surface area (Å²) in [4.78, 5) is 17.1. The fourth-order valence-electron chi connectivity index (χ4n) is 2.23. The maximum absolute atomic E-state index is 11.9. The molecule has 3 aromatic rings. The van der Waals surface area contributed by atoms with Crippen molar-refractivity contribution in [1.29, 1.82) is 0 Å². The number of imidazole rings is 1. The third-order valence-electron chi connectivity index (χ3n) is 3.50. The van der Waals surface area contributed by atoms with Gasteiger partial charge in [-0.15, -0.1) is 11.3 Å². The Hall–Kier alpha value is -2.49. The molecule has 9 heteroatoms. The van der Waals surface area contributed by atoms with Crippen molar-refractivity contribution in [3.63, 3.8) is 0 Å². The predicted molar refractivity (Wildman–Crippen MR) is 102 cm³/mol. The zero-order valence-electron chi connectivity index (χ0n) is 13.8. The van der Waals surface area contributed by atoms with Crippen LogP contribution in [0.25, 0.3) is 11.0 Å². The highest BCUT2D eigenvalue weighted by Crippen LogP contribution is 2.11. The molecule has 0 aliphatic carbocycles. The summed E-state index contributed by atoms with van der Waals surface area (Å²) < 4.78 is 28.1. The van der Waals surface area contributed by atoms with Gasteiger partial charge in [-0.05, 0) is 11.6 Å². The highest BCUT2D eigenvalue weighted by molar-refractivity contribution is 7.92. The Morgan fingerprint density at radius 1 is 1.27 bits per heavy atom. The van der Waals surface area contributed by atoms with Gasteiger partial charge in [0, 0.05) is 36.1 Å². The SMILES string of the molecule is O=C(CCNS(=O)(=O)/C=C/c1ccccc1)NCc1cn2ccsc2n1. The Morgan fingerprint density at radius 2 is 2.08 bits per heavy atom. The largest absolute Gasteiger partial charge is 0.350 e. The zero-order chi connectivity index (χ0) is 18.4. The van der Waals surface area contributed by atoms with Gasteiger partial charge in [-0.3, -0.25) is 9.20 Å². The van der Waals surface area contributed by atoms with Crippen molar-refractivity contribution in [3.05, 3.63) is 64.8 Å². The minimum Gasteiger partial charge on any atom is -0.350 e. The lowest BCUT2D eigenvalue weighted by molar-refractivity contribution is -0.121. The van der Waals surface area contributed by atoms with Crippen molar-refractivity contribution in [1.82, 2.24) is 19.4 Å². The van der Waals surface area contributed by atoms with Gasteiger partial charge >= 0.3 is 0 Å². The number of hydrogen-bond donors (Lipinski definition) is 2. The van der Waals surface area contributed by atoms with Gasteiger partial charge in [-0.25, -0.2) is 18.1 Å². The molecule has 0 unspecified atom stereocenters. The first-order valence-corrected chi connectivity index (χ1v) is 10.3. The van der Waals surface area contributed by atoms with Crippen LogP contribution in [-0.2, 0) is 21.4 Å². The first-order chi connectivity index (χ1) is 12.5. The summed E-state index contributed by atoms with van der Waals surface area (Å²) in [5.41, 5.74) is 1.55. The van der Waals surface area contributed by atoms with Crippen molar-refractivity contribution in [2.45, 2.75) is 13.0 Å². The highest BCUT2D eigenvalue weighted by atomic mass is 32.2. The topological polar surface area (TPSA) is 92.6 Å². The Balaban J connectivity index is 1.41. The van der Waals surface area contributed by atoms with Crippen LogP contribution in [0.4, 0.5) is 0 Å². The molecule has 0 saturated heterocycles. The number of carbonyl (C=O) groups is 1. The van der Waals surface area contributed by atoms with Gasteiger partial charge in [-0.2, -0.15) is 0 Å². The summed E-state index contributed by atoms with van der Waals surface area (Å²) in [6, 6.07) is 9.12. The van der Waals surface area contributed by atoms with Crippen molar-refractivity contribution in [3.8, 4) is 0 Å². The van der Waals surface area contributed by atoms with E-state index < -0.39 is 10.0 Å². The minimum absolute atomic E-state index is 0.0333. The first kappa shape index (κ1) is 18.3. The molecule has 1 aromatic carbocycles. The minimum atomic E-state index is -3.58. The third kappa shape index (κ3) is 5.25. The van der Waals surface area contributed by atoms with Crippen LogP contribution in [0.5, 0.6) is 0 Å². The molecule has 7 nitrogen and oxygen atoms in total. The average Bonchev–Trinajstić information content (AvgIpc) is 3.21. The van der Waals surface area contributed by atoms with Crippen LogP contribution >= 0.6 is 11.3 Å². The van der Waals surface area contributed by atoms with Gasteiger partial charge in [-0.1, -0.05) is 30.3 Å². The lowest BCUT2D eigenvalue weighted by Crippen LogP contribution is -2.29. The Morgan fingerprint density at radius 3 is 2.85 bits per heavy atom. The Bertz CT molecular complexity index is 978. The van der Waals surface area contributed by atoms with Crippen molar-refractivity contribution < 1.29 is 13.2 Å². The molecule has 0 atom stereocenters. The fourth-order valence-corrected chi connectivity index (χ4v) is 3.76. The van der Waals surface area contributed by atoms with E-state index in [1.54, 1.807) is 12.1 Å². The van der Waals surface area contributed by atoms with E-state index >= 15 is 0 Å². The summed E-state index contributed by atoms with van der Waals surface area (Å²) in [5, 5.41) is 5.76. The molecular weight excluding hydrogens is 372 g/mol. The van der Waals surface area contributed by atoms with Crippen LogP contribution in [-0.4, -0.2) is 30.3 Å². The number of benzene rings is 1. The summed E-state index contributed by atoms with van der Waals surface area (Å²) in [6.45, 7) is 0.347. The number of sulfonamides is 1. The van der Waals surface area contributed by atoms with E-state index in [2.05, 4.69) is 15.0 Å². The predicted octanol–water partition coefficient (Wildman–Crippen LogP) is 1.99. The quantitative estimate of drug-likeness (QED) is 0.615. The van der Waals surface area contributed by atoms with Crippen LogP contribution in [0.1, 0.15) is 17.7 Å². The maximum atomic E-state index is 11.9. The number of aromatic nitrogens is 2. The average molecular weight is 390 g/mol. The molecule has 0 aliphatic heterocycles. The highest BCUT2D eigenvalue weighted by Gasteiger charge is 2.08. The molecule has 0 saturated carbocycles. The lowest BCUT2D eigenvalue weighted by atomic mass is 10.2. The monoisotopic (exact) mass is 390 g/mol. The molecule has 26 heavy (non-hydrogen) atoms. The number of hydrogen-bond acceptors (Lipinski definition) is 5. The number of rotatable bonds is 8. The number of nitrogens with one attached hydrogen (secondary N) is 2. The smallest absolute Gasteiger partial charge is 0.233 e. The van der Waals surface area contributed by atoms with Crippen LogP contribution < -0.4 is 10.0 Å². The molecular formula is C17H18N4O3S2. The van der Waals surface area contributed by atoms with Crippen molar-refractivity contribution >= 4 is 38.3 Å². The second-order valence-electron chi connectivity index (χ2n) is 5.50. The van der Waals surface area contributed by atoms with Gasteiger partial charge in [0.05, 0.1) is 12.2 Å². The summed E-state index contributed by atoms with van der Waals surface area (Å²) in [6.07, 6.45) is 5.31. The van der Waals surface area contributed by atoms with E-state index in [4.69, 9.17) is 0 Å². The standard InChI is InChI=1S/C17H18N4O3S2/c22-16(18-12-15-13-21-9-10-25-17(21)20-15)6-8-19-26(23,24)11-7-14-4-2-1-3-5-14/h1-5,7,9-11,13,19H,6,8,12H2,(H,18,22)/b11-7+. The Labute approximate surface area is 155 Å².